The molecule has 0 radical (unpaired) electrons. The van der Waals surface area contributed by atoms with Crippen molar-refractivity contribution in [1.29, 1.82) is 0 Å². The van der Waals surface area contributed by atoms with Crippen LogP contribution in [0.2, 0.25) is 0 Å². The van der Waals surface area contributed by atoms with Gasteiger partial charge < -0.3 is 10.3 Å². The van der Waals surface area contributed by atoms with Gasteiger partial charge in [0.1, 0.15) is 17.7 Å². The van der Waals surface area contributed by atoms with Crippen molar-refractivity contribution >= 4 is 17.7 Å². The van der Waals surface area contributed by atoms with Gasteiger partial charge in [0.2, 0.25) is 5.91 Å². The summed E-state index contributed by atoms with van der Waals surface area (Å²) in [5.41, 5.74) is 9.67. The summed E-state index contributed by atoms with van der Waals surface area (Å²) >= 11 is 1.26. The Morgan fingerprint density at radius 1 is 0.927 bits per heavy atom. The fourth-order valence-electron chi connectivity index (χ4n) is 4.35. The molecule has 0 aliphatic rings. The minimum atomic E-state index is -0.870. The van der Waals surface area contributed by atoms with Crippen molar-refractivity contribution in [3.05, 3.63) is 130 Å². The van der Waals surface area contributed by atoms with Crippen LogP contribution in [0.1, 0.15) is 28.3 Å². The zero-order valence-electron chi connectivity index (χ0n) is 22.1. The summed E-state index contributed by atoms with van der Waals surface area (Å²) in [6, 6.07) is 14.8. The lowest BCUT2D eigenvalue weighted by molar-refractivity contribution is -0.121. The number of nitrogens with zero attached hydrogens (tertiary/aromatic N) is 5. The highest BCUT2D eigenvalue weighted by Gasteiger charge is 2.23. The summed E-state index contributed by atoms with van der Waals surface area (Å²) in [4.78, 5) is 34.7. The Morgan fingerprint density at radius 3 is 2.22 bits per heavy atom. The van der Waals surface area contributed by atoms with Crippen molar-refractivity contribution in [1.82, 2.24) is 24.3 Å². The van der Waals surface area contributed by atoms with Gasteiger partial charge in [-0.1, -0.05) is 30.0 Å². The van der Waals surface area contributed by atoms with Crippen LogP contribution in [0.4, 0.5) is 8.78 Å². The zero-order chi connectivity index (χ0) is 28.9. The first-order valence-corrected chi connectivity index (χ1v) is 13.7. The monoisotopic (exact) mass is 572 g/mol. The molecule has 11 heteroatoms. The molecule has 5 rings (SSSR count). The Labute approximate surface area is 238 Å². The first-order valence-electron chi connectivity index (χ1n) is 12.7. The fraction of sp³-hybridized carbons (Fsp3) is 0.167. The average Bonchev–Trinajstić information content (AvgIpc) is 3.37. The van der Waals surface area contributed by atoms with Gasteiger partial charge in [-0.15, -0.1) is 0 Å². The van der Waals surface area contributed by atoms with E-state index < -0.39 is 17.5 Å². The van der Waals surface area contributed by atoms with Crippen molar-refractivity contribution in [3.8, 4) is 11.3 Å². The van der Waals surface area contributed by atoms with Crippen LogP contribution in [-0.2, 0) is 30.4 Å². The van der Waals surface area contributed by atoms with E-state index in [2.05, 4.69) is 15.1 Å². The second kappa shape index (κ2) is 12.3. The van der Waals surface area contributed by atoms with Crippen molar-refractivity contribution in [3.63, 3.8) is 0 Å². The normalized spacial score (nSPS) is 11.9. The van der Waals surface area contributed by atoms with E-state index in [0.717, 1.165) is 22.3 Å². The summed E-state index contributed by atoms with van der Waals surface area (Å²) in [7, 11) is 1.79. The quantitative estimate of drug-likeness (QED) is 0.195. The van der Waals surface area contributed by atoms with Crippen LogP contribution in [0, 0.1) is 11.6 Å². The molecule has 8 nitrogen and oxygen atoms in total. The Balaban J connectivity index is 1.47. The molecule has 5 aromatic rings. The third-order valence-corrected chi connectivity index (χ3v) is 7.52. The number of hydrogen-bond donors (Lipinski definition) is 1. The number of carbonyl (C=O) groups is 1. The van der Waals surface area contributed by atoms with E-state index in [1.807, 2.05) is 6.07 Å². The molecule has 41 heavy (non-hydrogen) atoms. The molecule has 3 aromatic heterocycles. The lowest BCUT2D eigenvalue weighted by Gasteiger charge is -2.21. The molecule has 208 valence electrons. The Hall–Kier alpha value is -4.64. The van der Waals surface area contributed by atoms with Gasteiger partial charge in [0.05, 0.1) is 11.9 Å². The Bertz CT molecular complexity index is 1720. The maximum atomic E-state index is 13.4. The molecule has 1 amide bonds. The van der Waals surface area contributed by atoms with E-state index in [0.29, 0.717) is 22.2 Å². The largest absolute Gasteiger partial charge is 0.368 e. The van der Waals surface area contributed by atoms with Gasteiger partial charge in [0.15, 0.2) is 5.16 Å². The van der Waals surface area contributed by atoms with Crippen LogP contribution in [0.5, 0.6) is 0 Å². The van der Waals surface area contributed by atoms with Crippen molar-refractivity contribution in [2.45, 2.75) is 29.8 Å². The number of pyridine rings is 1. The number of aryl methyl sites for hydroxylation is 1. The van der Waals surface area contributed by atoms with Gasteiger partial charge in [0, 0.05) is 55.4 Å². The average molecular weight is 573 g/mol. The van der Waals surface area contributed by atoms with Crippen molar-refractivity contribution < 1.29 is 13.6 Å². The number of halogens is 2. The summed E-state index contributed by atoms with van der Waals surface area (Å²) in [6.45, 7) is 0. The van der Waals surface area contributed by atoms with E-state index in [1.165, 1.54) is 36.0 Å². The highest BCUT2D eigenvalue weighted by molar-refractivity contribution is 7.98. The van der Waals surface area contributed by atoms with Gasteiger partial charge in [-0.25, -0.2) is 8.78 Å². The summed E-state index contributed by atoms with van der Waals surface area (Å²) in [5.74, 6) is -0.885. The van der Waals surface area contributed by atoms with Crippen molar-refractivity contribution in [2.75, 3.05) is 0 Å². The van der Waals surface area contributed by atoms with E-state index in [4.69, 9.17) is 5.73 Å². The Kier molecular flexibility index (Phi) is 8.34. The number of aromatic nitrogens is 5. The third-order valence-electron chi connectivity index (χ3n) is 6.48. The molecule has 1 atom stereocenters. The highest BCUT2D eigenvalue weighted by Crippen LogP contribution is 2.26. The van der Waals surface area contributed by atoms with Gasteiger partial charge in [0.25, 0.3) is 5.56 Å². The molecule has 3 heterocycles. The van der Waals surface area contributed by atoms with Crippen LogP contribution in [0.15, 0.2) is 95.4 Å². The van der Waals surface area contributed by atoms with Crippen LogP contribution < -0.4 is 11.3 Å². The molecule has 2 aromatic carbocycles. The highest BCUT2D eigenvalue weighted by atomic mass is 32.2. The topological polar surface area (TPSA) is 109 Å². The molecule has 1 unspecified atom stereocenters. The second-order valence-electron chi connectivity index (χ2n) is 9.56. The smallest absolute Gasteiger partial charge is 0.277 e. The van der Waals surface area contributed by atoms with Crippen LogP contribution >= 0.6 is 11.8 Å². The molecular weight excluding hydrogens is 546 g/mol. The van der Waals surface area contributed by atoms with E-state index >= 15 is 0 Å². The number of hydrogen-bond acceptors (Lipinski definition) is 6. The summed E-state index contributed by atoms with van der Waals surface area (Å²) in [5, 5.41) is 4.47. The first-order chi connectivity index (χ1) is 19.7. The SMILES string of the molecule is Cn1cc(Cc2cn(C(Cc3ccc(-c4ccc(F)cc4)nc3)C(N)=O)c(SCc3ccc(F)cc3)nc2=O)cn1. The molecule has 0 spiro atoms. The van der Waals surface area contributed by atoms with Gasteiger partial charge in [-0.05, 0) is 59.2 Å². The van der Waals surface area contributed by atoms with E-state index in [1.54, 1.807) is 71.4 Å². The van der Waals surface area contributed by atoms with Gasteiger partial charge in [-0.3, -0.25) is 19.3 Å². The maximum Gasteiger partial charge on any atom is 0.277 e. The number of amides is 1. The minimum Gasteiger partial charge on any atom is -0.368 e. The second-order valence-corrected chi connectivity index (χ2v) is 10.5. The number of thioether (sulfide) groups is 1. The number of nitrogens with two attached hydrogens (primary N) is 1. The summed E-state index contributed by atoms with van der Waals surface area (Å²) < 4.78 is 30.0. The lowest BCUT2D eigenvalue weighted by Crippen LogP contribution is -2.32. The standard InChI is InChI=1S/C30H26F2N6O2S/c1-37-16-21(15-35-37)12-23-17-38(30(36-29(23)40)41-18-19-2-7-24(31)8-3-19)27(28(33)39)13-20-4-11-26(34-14-20)22-5-9-25(32)10-6-22/h2-11,14-17,27H,12-13,18H2,1H3,(H2,33,39). The lowest BCUT2D eigenvalue weighted by atomic mass is 10.0. The van der Waals surface area contributed by atoms with E-state index in [-0.39, 0.29) is 24.5 Å². The minimum absolute atomic E-state index is 0.201. The zero-order valence-corrected chi connectivity index (χ0v) is 22.9. The third kappa shape index (κ3) is 6.93. The van der Waals surface area contributed by atoms with E-state index in [9.17, 15) is 18.4 Å². The molecular formula is C30H26F2N6O2S. The van der Waals surface area contributed by atoms with Crippen LogP contribution in [-0.4, -0.2) is 30.2 Å². The number of rotatable bonds is 10. The maximum absolute atomic E-state index is 13.4. The number of primary amides is 1. The van der Waals surface area contributed by atoms with Crippen molar-refractivity contribution in [2.24, 2.45) is 12.8 Å². The fourth-order valence-corrected chi connectivity index (χ4v) is 5.32. The predicted molar refractivity (Wildman–Crippen MR) is 152 cm³/mol. The molecule has 0 aliphatic heterocycles. The predicted octanol–water partition coefficient (Wildman–Crippen LogP) is 4.47. The van der Waals surface area contributed by atoms with Crippen LogP contribution in [0.25, 0.3) is 11.3 Å². The van der Waals surface area contributed by atoms with Gasteiger partial charge in [-0.2, -0.15) is 10.1 Å². The molecule has 0 aliphatic carbocycles. The van der Waals surface area contributed by atoms with Gasteiger partial charge >= 0.3 is 0 Å². The number of benzene rings is 2. The number of carbonyl (C=O) groups excluding carboxylic acids is 1. The molecule has 0 fully saturated rings. The van der Waals surface area contributed by atoms with Crippen LogP contribution in [0.3, 0.4) is 0 Å². The molecule has 0 saturated carbocycles. The summed E-state index contributed by atoms with van der Waals surface area (Å²) in [6.07, 6.45) is 7.23. The molecule has 2 N–H and O–H groups in total. The molecule has 0 bridgehead atoms. The molecule has 0 saturated heterocycles. The first kappa shape index (κ1) is 27.9. The Morgan fingerprint density at radius 2 is 1.61 bits per heavy atom.